The maximum Gasteiger partial charge on any atom is 0.249 e. The molecule has 0 saturated heterocycles. The fourth-order valence-electron chi connectivity index (χ4n) is 1.67. The minimum Gasteiger partial charge on any atom is -0.382 e. The molecule has 1 rings (SSSR count). The Labute approximate surface area is 120 Å². The molecule has 0 aliphatic heterocycles. The summed E-state index contributed by atoms with van der Waals surface area (Å²) in [5.41, 5.74) is 17.2. The van der Waals surface area contributed by atoms with E-state index in [1.165, 1.54) is 0 Å². The van der Waals surface area contributed by atoms with Crippen molar-refractivity contribution in [3.63, 3.8) is 0 Å². The lowest BCUT2D eigenvalue weighted by molar-refractivity contribution is -0.130. The summed E-state index contributed by atoms with van der Waals surface area (Å²) in [5.74, 6) is -0.641. The van der Waals surface area contributed by atoms with Crippen LogP contribution in [0, 0.1) is 0 Å². The average molecular weight is 289 g/mol. The minimum atomic E-state index is -1.48. The molecule has 2 N–H and O–H groups in total. The smallest absolute Gasteiger partial charge is 0.249 e. The van der Waals surface area contributed by atoms with Gasteiger partial charge in [-0.15, -0.1) is 0 Å². The van der Waals surface area contributed by atoms with Gasteiger partial charge in [-0.05, 0) is 23.0 Å². The summed E-state index contributed by atoms with van der Waals surface area (Å²) in [7, 11) is 0. The standard InChI is InChI=1S/C12H15N7O2/c13-18-16-8-4-7-15-12(21)11(20)10(17-19-14)9-5-2-1-3-6-9/h1-3,5-6,10-11,20H,4,7-8H2,(H,15,21)/t10-,11-/m0/s1. The molecular weight excluding hydrogens is 274 g/mol. The van der Waals surface area contributed by atoms with Gasteiger partial charge in [0.25, 0.3) is 0 Å². The lowest BCUT2D eigenvalue weighted by atomic mass is 10.0. The Morgan fingerprint density at radius 2 is 2.00 bits per heavy atom. The largest absolute Gasteiger partial charge is 0.382 e. The summed E-state index contributed by atoms with van der Waals surface area (Å²) >= 11 is 0. The van der Waals surface area contributed by atoms with Crippen LogP contribution in [-0.2, 0) is 4.79 Å². The number of rotatable bonds is 8. The van der Waals surface area contributed by atoms with Crippen LogP contribution in [0.25, 0.3) is 20.9 Å². The highest BCUT2D eigenvalue weighted by Gasteiger charge is 2.26. The number of nitrogens with zero attached hydrogens (tertiary/aromatic N) is 6. The van der Waals surface area contributed by atoms with Crippen LogP contribution in [0.4, 0.5) is 0 Å². The fourth-order valence-corrected chi connectivity index (χ4v) is 1.67. The lowest BCUT2D eigenvalue weighted by Gasteiger charge is -2.18. The van der Waals surface area contributed by atoms with Gasteiger partial charge < -0.3 is 10.4 Å². The number of hydrogen-bond donors (Lipinski definition) is 2. The van der Waals surface area contributed by atoms with Gasteiger partial charge in [0.1, 0.15) is 6.10 Å². The Morgan fingerprint density at radius 1 is 1.29 bits per heavy atom. The van der Waals surface area contributed by atoms with E-state index in [0.29, 0.717) is 12.0 Å². The van der Waals surface area contributed by atoms with Crippen LogP contribution in [-0.4, -0.2) is 30.2 Å². The number of aliphatic hydroxyl groups excluding tert-OH is 1. The number of carbonyl (C=O) groups is 1. The minimum absolute atomic E-state index is 0.255. The molecule has 0 aromatic heterocycles. The molecule has 0 spiro atoms. The molecule has 110 valence electrons. The lowest BCUT2D eigenvalue weighted by Crippen LogP contribution is -2.38. The topological polar surface area (TPSA) is 147 Å². The van der Waals surface area contributed by atoms with E-state index in [9.17, 15) is 9.90 Å². The highest BCUT2D eigenvalue weighted by atomic mass is 16.3. The maximum atomic E-state index is 11.8. The second kappa shape index (κ2) is 9.22. The number of azide groups is 2. The molecule has 0 bridgehead atoms. The fraction of sp³-hybridized carbons (Fsp3) is 0.417. The van der Waals surface area contributed by atoms with E-state index < -0.39 is 18.1 Å². The van der Waals surface area contributed by atoms with Gasteiger partial charge in [0.15, 0.2) is 0 Å². The third-order valence-electron chi connectivity index (χ3n) is 2.68. The zero-order valence-electron chi connectivity index (χ0n) is 11.2. The van der Waals surface area contributed by atoms with Crippen LogP contribution in [0.15, 0.2) is 40.6 Å². The van der Waals surface area contributed by atoms with Crippen LogP contribution in [0.5, 0.6) is 0 Å². The van der Waals surface area contributed by atoms with Gasteiger partial charge in [-0.25, -0.2) is 0 Å². The predicted octanol–water partition coefficient (Wildman–Crippen LogP) is 2.22. The van der Waals surface area contributed by atoms with Crippen LogP contribution < -0.4 is 5.32 Å². The second-order valence-electron chi connectivity index (χ2n) is 4.10. The molecule has 0 unspecified atom stereocenters. The highest BCUT2D eigenvalue weighted by Crippen LogP contribution is 2.21. The van der Waals surface area contributed by atoms with Crippen LogP contribution in [0.1, 0.15) is 18.0 Å². The van der Waals surface area contributed by atoms with E-state index >= 15 is 0 Å². The Kier molecular flexibility index (Phi) is 7.17. The number of carbonyl (C=O) groups excluding carboxylic acids is 1. The molecule has 2 atom stereocenters. The molecule has 0 heterocycles. The molecule has 0 aliphatic rings. The van der Waals surface area contributed by atoms with Crippen molar-refractivity contribution < 1.29 is 9.90 Å². The summed E-state index contributed by atoms with van der Waals surface area (Å²) in [6.07, 6.45) is -1.03. The number of aliphatic hydroxyl groups is 1. The van der Waals surface area contributed by atoms with Crippen molar-refractivity contribution in [3.05, 3.63) is 56.8 Å². The first kappa shape index (κ1) is 16.3. The van der Waals surface area contributed by atoms with E-state index in [-0.39, 0.29) is 13.1 Å². The van der Waals surface area contributed by atoms with Crippen molar-refractivity contribution in [1.82, 2.24) is 5.32 Å². The second-order valence-corrected chi connectivity index (χ2v) is 4.10. The Balaban J connectivity index is 2.64. The molecule has 9 nitrogen and oxygen atoms in total. The van der Waals surface area contributed by atoms with E-state index in [0.717, 1.165) is 0 Å². The van der Waals surface area contributed by atoms with Crippen molar-refractivity contribution in [1.29, 1.82) is 0 Å². The molecule has 0 fully saturated rings. The van der Waals surface area contributed by atoms with Crippen molar-refractivity contribution in [3.8, 4) is 0 Å². The number of nitrogens with one attached hydrogen (secondary N) is 1. The molecule has 0 radical (unpaired) electrons. The van der Waals surface area contributed by atoms with Crippen molar-refractivity contribution in [2.24, 2.45) is 10.2 Å². The van der Waals surface area contributed by atoms with Gasteiger partial charge in [0.2, 0.25) is 5.91 Å². The van der Waals surface area contributed by atoms with Crippen molar-refractivity contribution >= 4 is 5.91 Å². The highest BCUT2D eigenvalue weighted by molar-refractivity contribution is 5.81. The van der Waals surface area contributed by atoms with E-state index in [1.807, 2.05) is 0 Å². The number of benzene rings is 1. The molecule has 0 saturated carbocycles. The molecule has 1 aromatic carbocycles. The van der Waals surface area contributed by atoms with Gasteiger partial charge >= 0.3 is 0 Å². The zero-order valence-corrected chi connectivity index (χ0v) is 11.2. The van der Waals surface area contributed by atoms with E-state index in [1.54, 1.807) is 30.3 Å². The van der Waals surface area contributed by atoms with Crippen LogP contribution in [0.3, 0.4) is 0 Å². The van der Waals surface area contributed by atoms with Crippen molar-refractivity contribution in [2.75, 3.05) is 13.1 Å². The van der Waals surface area contributed by atoms with Gasteiger partial charge in [-0.2, -0.15) is 0 Å². The van der Waals surface area contributed by atoms with Crippen LogP contribution in [0.2, 0.25) is 0 Å². The van der Waals surface area contributed by atoms with Gasteiger partial charge in [-0.3, -0.25) is 4.79 Å². The van der Waals surface area contributed by atoms with Gasteiger partial charge in [0, 0.05) is 22.9 Å². The van der Waals surface area contributed by atoms with Gasteiger partial charge in [0.05, 0.1) is 6.04 Å². The number of amides is 1. The van der Waals surface area contributed by atoms with E-state index in [2.05, 4.69) is 25.4 Å². The quantitative estimate of drug-likeness (QED) is 0.327. The third kappa shape index (κ3) is 5.42. The molecule has 1 amide bonds. The molecule has 21 heavy (non-hydrogen) atoms. The van der Waals surface area contributed by atoms with Crippen LogP contribution >= 0.6 is 0 Å². The Morgan fingerprint density at radius 3 is 2.62 bits per heavy atom. The molecule has 1 aromatic rings. The first-order valence-electron chi connectivity index (χ1n) is 6.26. The first-order valence-corrected chi connectivity index (χ1v) is 6.26. The first-order chi connectivity index (χ1) is 10.2. The molecular formula is C12H15N7O2. The average Bonchev–Trinajstić information content (AvgIpc) is 2.52. The van der Waals surface area contributed by atoms with E-state index in [4.69, 9.17) is 11.1 Å². The Bertz CT molecular complexity index is 550. The normalized spacial score (nSPS) is 12.4. The molecule has 0 aliphatic carbocycles. The summed E-state index contributed by atoms with van der Waals surface area (Å²) in [5, 5.41) is 19.3. The number of hydrogen-bond acceptors (Lipinski definition) is 4. The summed E-state index contributed by atoms with van der Waals surface area (Å²) in [6.45, 7) is 0.512. The zero-order chi connectivity index (χ0) is 15.5. The summed E-state index contributed by atoms with van der Waals surface area (Å²) in [6, 6.07) is 7.56. The third-order valence-corrected chi connectivity index (χ3v) is 2.68. The molecule has 9 heteroatoms. The monoisotopic (exact) mass is 289 g/mol. The Hall–Kier alpha value is -2.73. The summed E-state index contributed by atoms with van der Waals surface area (Å²) in [4.78, 5) is 17.1. The van der Waals surface area contributed by atoms with Crippen molar-refractivity contribution in [2.45, 2.75) is 18.6 Å². The SMILES string of the molecule is [N-]=[N+]=NCCCNC(=O)[C@@H](O)[C@@H](N=[N+]=[N-])c1ccccc1. The summed E-state index contributed by atoms with van der Waals surface area (Å²) < 4.78 is 0. The van der Waals surface area contributed by atoms with Gasteiger partial charge in [-0.1, -0.05) is 40.6 Å². The predicted molar refractivity (Wildman–Crippen MR) is 76.0 cm³/mol. The maximum absolute atomic E-state index is 11.8.